The largest absolute Gasteiger partial charge is 0.449 e. The second-order valence-corrected chi connectivity index (χ2v) is 8.62. The Balaban J connectivity index is 1.56. The van der Waals surface area contributed by atoms with Crippen LogP contribution in [0.1, 0.15) is 48.2 Å². The lowest BCUT2D eigenvalue weighted by atomic mass is 9.78. The molecule has 0 saturated heterocycles. The highest BCUT2D eigenvalue weighted by Crippen LogP contribution is 2.40. The van der Waals surface area contributed by atoms with Gasteiger partial charge in [0.2, 0.25) is 5.76 Å². The first-order valence-corrected chi connectivity index (χ1v) is 10.6. The molecule has 0 unspecified atom stereocenters. The van der Waals surface area contributed by atoms with Crippen LogP contribution >= 0.6 is 0 Å². The molecule has 1 fully saturated rings. The van der Waals surface area contributed by atoms with Gasteiger partial charge in [0.1, 0.15) is 5.58 Å². The number of hydrogen-bond donors (Lipinski definition) is 2. The van der Waals surface area contributed by atoms with E-state index in [0.29, 0.717) is 56.1 Å². The smallest absolute Gasteiger partial charge is 0.416 e. The van der Waals surface area contributed by atoms with Gasteiger partial charge in [-0.05, 0) is 56.2 Å². The molecule has 1 amide bonds. The van der Waals surface area contributed by atoms with E-state index in [4.69, 9.17) is 9.15 Å². The van der Waals surface area contributed by atoms with Gasteiger partial charge in [0.15, 0.2) is 0 Å². The Bertz CT molecular complexity index is 948. The quantitative estimate of drug-likeness (QED) is 0.736. The number of amides is 1. The molecule has 6 nitrogen and oxygen atoms in total. The van der Waals surface area contributed by atoms with Crippen LogP contribution < -0.4 is 10.2 Å². The fourth-order valence-electron chi connectivity index (χ4n) is 4.70. The molecule has 2 aliphatic rings. The molecule has 2 N–H and O–H groups in total. The molecule has 1 aliphatic heterocycles. The van der Waals surface area contributed by atoms with Crippen molar-refractivity contribution in [1.82, 2.24) is 5.32 Å². The molecular weight excluding hydrogens is 413 g/mol. The molecule has 31 heavy (non-hydrogen) atoms. The normalized spacial score (nSPS) is 24.7. The number of anilines is 1. The van der Waals surface area contributed by atoms with Crippen molar-refractivity contribution in [3.8, 4) is 0 Å². The Morgan fingerprint density at radius 1 is 1.32 bits per heavy atom. The summed E-state index contributed by atoms with van der Waals surface area (Å²) < 4.78 is 50.6. The van der Waals surface area contributed by atoms with Gasteiger partial charge in [0.05, 0.1) is 23.5 Å². The third kappa shape index (κ3) is 4.52. The lowest BCUT2D eigenvalue weighted by molar-refractivity contribution is -0.137. The molecular formula is C22H27F3N2O4. The van der Waals surface area contributed by atoms with E-state index >= 15 is 0 Å². The maximum atomic E-state index is 13.3. The summed E-state index contributed by atoms with van der Waals surface area (Å²) in [7, 11) is 1.58. The van der Waals surface area contributed by atoms with Crippen LogP contribution in [0, 0.1) is 5.92 Å². The number of nitrogens with one attached hydrogen (secondary N) is 1. The molecule has 1 aromatic heterocycles. The Hall–Kier alpha value is -2.26. The van der Waals surface area contributed by atoms with E-state index in [-0.39, 0.29) is 11.3 Å². The van der Waals surface area contributed by atoms with E-state index in [1.165, 1.54) is 6.07 Å². The molecule has 0 atom stereocenters. The van der Waals surface area contributed by atoms with Gasteiger partial charge in [-0.1, -0.05) is 0 Å². The fourth-order valence-corrected chi connectivity index (χ4v) is 4.70. The van der Waals surface area contributed by atoms with Crippen LogP contribution in [0.5, 0.6) is 0 Å². The lowest BCUT2D eigenvalue weighted by Crippen LogP contribution is -2.39. The van der Waals surface area contributed by atoms with Gasteiger partial charge in [-0.3, -0.25) is 4.79 Å². The van der Waals surface area contributed by atoms with Crippen molar-refractivity contribution in [2.45, 2.75) is 43.9 Å². The zero-order chi connectivity index (χ0) is 22.2. The Kier molecular flexibility index (Phi) is 5.91. The second kappa shape index (κ2) is 8.35. The molecule has 2 aromatic rings. The van der Waals surface area contributed by atoms with Gasteiger partial charge in [0, 0.05) is 32.1 Å². The standard InChI is InChI=1S/C22H27F3N2O4/c1-30-13-21(29)7-4-14(5-8-21)6-10-27-11-9-26-20(28)19-18(27)16-12-15(22(23,24)25)2-3-17(16)31-19/h2-3,12,14,29H,4-11,13H2,1H3,(H,26,28). The molecule has 4 rings (SSSR count). The number of carbonyl (C=O) groups excluding carboxylic acids is 1. The first-order valence-electron chi connectivity index (χ1n) is 10.6. The van der Waals surface area contributed by atoms with E-state index in [2.05, 4.69) is 5.32 Å². The highest BCUT2D eigenvalue weighted by molar-refractivity contribution is 6.07. The van der Waals surface area contributed by atoms with Crippen LogP contribution in [0.15, 0.2) is 22.6 Å². The molecule has 0 radical (unpaired) electrons. The number of halogens is 3. The van der Waals surface area contributed by atoms with Gasteiger partial charge in [-0.25, -0.2) is 0 Å². The number of aliphatic hydroxyl groups is 1. The highest BCUT2D eigenvalue weighted by atomic mass is 19.4. The van der Waals surface area contributed by atoms with E-state index < -0.39 is 23.2 Å². The minimum absolute atomic E-state index is 0.0601. The van der Waals surface area contributed by atoms with Crippen molar-refractivity contribution in [2.24, 2.45) is 5.92 Å². The van der Waals surface area contributed by atoms with Crippen LogP contribution in [0.2, 0.25) is 0 Å². The van der Waals surface area contributed by atoms with Crippen molar-refractivity contribution in [3.63, 3.8) is 0 Å². The molecule has 0 spiro atoms. The van der Waals surface area contributed by atoms with E-state index in [0.717, 1.165) is 31.4 Å². The van der Waals surface area contributed by atoms with Gasteiger partial charge in [-0.15, -0.1) is 0 Å². The number of furan rings is 1. The summed E-state index contributed by atoms with van der Waals surface area (Å²) in [6.45, 7) is 1.80. The summed E-state index contributed by atoms with van der Waals surface area (Å²) in [4.78, 5) is 14.4. The number of benzene rings is 1. The SMILES string of the molecule is COCC1(O)CCC(CCN2CCNC(=O)c3oc4ccc(C(F)(F)F)cc4c32)CC1. The van der Waals surface area contributed by atoms with Gasteiger partial charge in [-0.2, -0.15) is 13.2 Å². The van der Waals surface area contributed by atoms with E-state index in [1.54, 1.807) is 7.11 Å². The summed E-state index contributed by atoms with van der Waals surface area (Å²) in [5.41, 5.74) is -0.838. The van der Waals surface area contributed by atoms with Crippen molar-refractivity contribution < 1.29 is 32.2 Å². The summed E-state index contributed by atoms with van der Waals surface area (Å²) in [5, 5.41) is 13.6. The van der Waals surface area contributed by atoms with Gasteiger partial charge < -0.3 is 24.5 Å². The number of methoxy groups -OCH3 is 1. The maximum Gasteiger partial charge on any atom is 0.416 e. The topological polar surface area (TPSA) is 74.9 Å². The molecule has 0 bridgehead atoms. The molecule has 2 heterocycles. The minimum atomic E-state index is -4.47. The fraction of sp³-hybridized carbons (Fsp3) is 0.591. The molecule has 1 saturated carbocycles. The summed E-state index contributed by atoms with van der Waals surface area (Å²) >= 11 is 0. The first kappa shape index (κ1) is 22.0. The Morgan fingerprint density at radius 2 is 2.06 bits per heavy atom. The zero-order valence-corrected chi connectivity index (χ0v) is 17.4. The van der Waals surface area contributed by atoms with Gasteiger partial charge in [0.25, 0.3) is 5.91 Å². The van der Waals surface area contributed by atoms with Gasteiger partial charge >= 0.3 is 6.18 Å². The van der Waals surface area contributed by atoms with Crippen molar-refractivity contribution in [3.05, 3.63) is 29.5 Å². The average Bonchev–Trinajstić information content (AvgIpc) is 3.02. The van der Waals surface area contributed by atoms with E-state index in [9.17, 15) is 23.1 Å². The summed E-state index contributed by atoms with van der Waals surface area (Å²) in [5.74, 6) is 0.0471. The Morgan fingerprint density at radius 3 is 2.74 bits per heavy atom. The summed E-state index contributed by atoms with van der Waals surface area (Å²) in [6.07, 6.45) is -0.593. The number of alkyl halides is 3. The predicted octanol–water partition coefficient (Wildman–Crippen LogP) is 3.96. The van der Waals surface area contributed by atoms with Crippen LogP contribution in [0.4, 0.5) is 18.9 Å². The molecule has 170 valence electrons. The van der Waals surface area contributed by atoms with Crippen LogP contribution in [-0.4, -0.2) is 50.0 Å². The van der Waals surface area contributed by atoms with E-state index in [1.807, 2.05) is 4.90 Å². The average molecular weight is 440 g/mol. The number of rotatable bonds is 5. The third-order valence-electron chi connectivity index (χ3n) is 6.44. The number of fused-ring (bicyclic) bond motifs is 3. The molecule has 1 aliphatic carbocycles. The van der Waals surface area contributed by atoms with Crippen molar-refractivity contribution in [2.75, 3.05) is 38.3 Å². The van der Waals surface area contributed by atoms with Crippen LogP contribution in [0.3, 0.4) is 0 Å². The molecule has 9 heteroatoms. The second-order valence-electron chi connectivity index (χ2n) is 8.62. The maximum absolute atomic E-state index is 13.3. The summed E-state index contributed by atoms with van der Waals surface area (Å²) in [6, 6.07) is 3.31. The number of ether oxygens (including phenoxy) is 1. The number of hydrogen-bond acceptors (Lipinski definition) is 5. The predicted molar refractivity (Wildman–Crippen MR) is 109 cm³/mol. The Labute approximate surface area is 178 Å². The lowest BCUT2D eigenvalue weighted by Gasteiger charge is -2.36. The van der Waals surface area contributed by atoms with Crippen LogP contribution in [0.25, 0.3) is 11.0 Å². The number of nitrogens with zero attached hydrogens (tertiary/aromatic N) is 1. The first-order chi connectivity index (χ1) is 14.7. The zero-order valence-electron chi connectivity index (χ0n) is 17.4. The minimum Gasteiger partial charge on any atom is -0.449 e. The van der Waals surface area contributed by atoms with Crippen molar-refractivity contribution in [1.29, 1.82) is 0 Å². The highest BCUT2D eigenvalue weighted by Gasteiger charge is 2.35. The third-order valence-corrected chi connectivity index (χ3v) is 6.44. The molecule has 1 aromatic carbocycles. The number of carbonyl (C=O) groups is 1. The van der Waals surface area contributed by atoms with Crippen molar-refractivity contribution >= 4 is 22.6 Å². The monoisotopic (exact) mass is 440 g/mol. The van der Waals surface area contributed by atoms with Crippen LogP contribution in [-0.2, 0) is 10.9 Å².